The summed E-state index contributed by atoms with van der Waals surface area (Å²) in [6, 6.07) is 5.21. The lowest BCUT2D eigenvalue weighted by molar-refractivity contribution is 0.101. The molecule has 1 aromatic carbocycles. The summed E-state index contributed by atoms with van der Waals surface area (Å²) in [5.41, 5.74) is 0.155. The summed E-state index contributed by atoms with van der Waals surface area (Å²) in [5.74, 6) is -2.58. The second-order valence-corrected chi connectivity index (χ2v) is 4.63. The zero-order chi connectivity index (χ0) is 13.3. The van der Waals surface area contributed by atoms with Crippen LogP contribution in [0.15, 0.2) is 34.9 Å². The first kappa shape index (κ1) is 12.8. The lowest BCUT2D eigenvalue weighted by Crippen LogP contribution is -2.16. The van der Waals surface area contributed by atoms with E-state index in [9.17, 15) is 13.6 Å². The quantitative estimate of drug-likeness (QED) is 0.906. The number of rotatable bonds is 2. The van der Waals surface area contributed by atoms with E-state index in [1.165, 1.54) is 12.1 Å². The maximum absolute atomic E-state index is 13.4. The molecule has 0 bridgehead atoms. The van der Waals surface area contributed by atoms with Crippen molar-refractivity contribution in [2.75, 3.05) is 5.32 Å². The molecule has 0 spiro atoms. The maximum atomic E-state index is 13.4. The van der Waals surface area contributed by atoms with Crippen molar-refractivity contribution in [1.29, 1.82) is 0 Å². The van der Waals surface area contributed by atoms with E-state index < -0.39 is 17.5 Å². The summed E-state index contributed by atoms with van der Waals surface area (Å²) < 4.78 is 28.7. The lowest BCUT2D eigenvalue weighted by atomic mass is 10.3. The van der Waals surface area contributed by atoms with E-state index in [1.807, 2.05) is 0 Å². The van der Waals surface area contributed by atoms with E-state index in [-0.39, 0.29) is 5.69 Å². The van der Waals surface area contributed by atoms with Crippen LogP contribution in [0.3, 0.4) is 0 Å². The molecule has 18 heavy (non-hydrogen) atoms. The van der Waals surface area contributed by atoms with E-state index in [0.717, 1.165) is 10.5 Å². The van der Waals surface area contributed by atoms with Crippen LogP contribution in [0.2, 0.25) is 0 Å². The van der Waals surface area contributed by atoms with Crippen LogP contribution in [0.1, 0.15) is 10.5 Å². The minimum Gasteiger partial charge on any atom is -0.345 e. The Morgan fingerprint density at radius 2 is 2.11 bits per heavy atom. The van der Waals surface area contributed by atoms with Gasteiger partial charge in [0.25, 0.3) is 5.91 Å². The Balaban J connectivity index is 2.27. The first-order chi connectivity index (χ1) is 8.49. The summed E-state index contributed by atoms with van der Waals surface area (Å²) in [4.78, 5) is 11.9. The third-order valence-corrected chi connectivity index (χ3v) is 2.84. The lowest BCUT2D eigenvalue weighted by Gasteiger charge is -2.07. The van der Waals surface area contributed by atoms with Crippen molar-refractivity contribution in [3.05, 3.63) is 52.3 Å². The number of benzene rings is 1. The van der Waals surface area contributed by atoms with Crippen LogP contribution in [-0.2, 0) is 7.05 Å². The standard InChI is InChI=1S/C12H9BrF2N2O/c1-17-6-7(13)5-10(17)12(18)16-9-4-2-3-8(14)11(9)15/h2-6H,1H3,(H,16,18). The Bertz CT molecular complexity index is 610. The van der Waals surface area contributed by atoms with E-state index in [2.05, 4.69) is 21.2 Å². The molecule has 94 valence electrons. The van der Waals surface area contributed by atoms with Crippen molar-refractivity contribution in [2.24, 2.45) is 7.05 Å². The zero-order valence-electron chi connectivity index (χ0n) is 9.38. The first-order valence-corrected chi connectivity index (χ1v) is 5.85. The monoisotopic (exact) mass is 314 g/mol. The molecule has 3 nitrogen and oxygen atoms in total. The Labute approximate surface area is 111 Å². The van der Waals surface area contributed by atoms with Gasteiger partial charge in [0.05, 0.1) is 5.69 Å². The average Bonchev–Trinajstić information content (AvgIpc) is 2.64. The van der Waals surface area contributed by atoms with Crippen LogP contribution in [0.25, 0.3) is 0 Å². The molecule has 0 atom stereocenters. The first-order valence-electron chi connectivity index (χ1n) is 5.06. The molecule has 0 aliphatic carbocycles. The highest BCUT2D eigenvalue weighted by atomic mass is 79.9. The van der Waals surface area contributed by atoms with E-state index in [1.54, 1.807) is 23.9 Å². The molecular formula is C12H9BrF2N2O. The van der Waals surface area contributed by atoms with Crippen LogP contribution in [-0.4, -0.2) is 10.5 Å². The second-order valence-electron chi connectivity index (χ2n) is 3.71. The second kappa shape index (κ2) is 4.89. The molecule has 0 saturated heterocycles. The molecule has 2 aromatic rings. The Kier molecular flexibility index (Phi) is 3.47. The minimum absolute atomic E-state index is 0.183. The number of hydrogen-bond acceptors (Lipinski definition) is 1. The molecule has 0 unspecified atom stereocenters. The van der Waals surface area contributed by atoms with Crippen LogP contribution >= 0.6 is 15.9 Å². The van der Waals surface area contributed by atoms with Crippen LogP contribution in [0, 0.1) is 11.6 Å². The van der Waals surface area contributed by atoms with Gasteiger partial charge in [0, 0.05) is 17.7 Å². The largest absolute Gasteiger partial charge is 0.345 e. The van der Waals surface area contributed by atoms with Crippen LogP contribution in [0.5, 0.6) is 0 Å². The van der Waals surface area contributed by atoms with Gasteiger partial charge < -0.3 is 9.88 Å². The predicted molar refractivity (Wildman–Crippen MR) is 67.4 cm³/mol. The third-order valence-electron chi connectivity index (χ3n) is 2.40. The predicted octanol–water partition coefficient (Wildman–Crippen LogP) is 3.32. The summed E-state index contributed by atoms with van der Waals surface area (Å²) >= 11 is 3.23. The van der Waals surface area contributed by atoms with E-state index in [4.69, 9.17) is 0 Å². The fourth-order valence-corrected chi connectivity index (χ4v) is 2.06. The highest BCUT2D eigenvalue weighted by molar-refractivity contribution is 9.10. The van der Waals surface area contributed by atoms with Gasteiger partial charge in [-0.3, -0.25) is 4.79 Å². The molecular weight excluding hydrogens is 306 g/mol. The van der Waals surface area contributed by atoms with Crippen molar-refractivity contribution < 1.29 is 13.6 Å². The third kappa shape index (κ3) is 2.43. The molecule has 2 rings (SSSR count). The number of carbonyl (C=O) groups is 1. The number of aryl methyl sites for hydroxylation is 1. The number of hydrogen-bond donors (Lipinski definition) is 1. The summed E-state index contributed by atoms with van der Waals surface area (Å²) in [7, 11) is 1.68. The van der Waals surface area contributed by atoms with Gasteiger partial charge in [-0.15, -0.1) is 0 Å². The number of aromatic nitrogens is 1. The van der Waals surface area contributed by atoms with Gasteiger partial charge in [-0.2, -0.15) is 0 Å². The number of nitrogens with one attached hydrogen (secondary N) is 1. The molecule has 1 heterocycles. The molecule has 1 aromatic heterocycles. The zero-order valence-corrected chi connectivity index (χ0v) is 11.0. The van der Waals surface area contributed by atoms with Gasteiger partial charge in [-0.25, -0.2) is 8.78 Å². The average molecular weight is 315 g/mol. The van der Waals surface area contributed by atoms with Crippen molar-refractivity contribution in [3.63, 3.8) is 0 Å². The van der Waals surface area contributed by atoms with Crippen LogP contribution < -0.4 is 5.32 Å². The Morgan fingerprint density at radius 3 is 2.72 bits per heavy atom. The molecule has 0 aliphatic rings. The van der Waals surface area contributed by atoms with Gasteiger partial charge in [0.2, 0.25) is 0 Å². The smallest absolute Gasteiger partial charge is 0.272 e. The minimum atomic E-state index is -1.07. The normalized spacial score (nSPS) is 10.4. The SMILES string of the molecule is Cn1cc(Br)cc1C(=O)Nc1cccc(F)c1F. The fourth-order valence-electron chi connectivity index (χ4n) is 1.54. The molecule has 6 heteroatoms. The molecule has 0 saturated carbocycles. The Hall–Kier alpha value is -1.69. The van der Waals surface area contributed by atoms with E-state index in [0.29, 0.717) is 5.69 Å². The van der Waals surface area contributed by atoms with Crippen molar-refractivity contribution >= 4 is 27.5 Å². The van der Waals surface area contributed by atoms with Gasteiger partial charge in [0.15, 0.2) is 11.6 Å². The Morgan fingerprint density at radius 1 is 1.39 bits per heavy atom. The number of anilines is 1. The number of carbonyl (C=O) groups excluding carboxylic acids is 1. The highest BCUT2D eigenvalue weighted by Crippen LogP contribution is 2.19. The number of halogens is 3. The topological polar surface area (TPSA) is 34.0 Å². The maximum Gasteiger partial charge on any atom is 0.272 e. The molecule has 0 aliphatic heterocycles. The molecule has 1 amide bonds. The van der Waals surface area contributed by atoms with Gasteiger partial charge in [-0.1, -0.05) is 6.07 Å². The van der Waals surface area contributed by atoms with Gasteiger partial charge >= 0.3 is 0 Å². The number of nitrogens with zero attached hydrogens (tertiary/aromatic N) is 1. The fraction of sp³-hybridized carbons (Fsp3) is 0.0833. The molecule has 0 radical (unpaired) electrons. The van der Waals surface area contributed by atoms with Crippen molar-refractivity contribution in [2.45, 2.75) is 0 Å². The van der Waals surface area contributed by atoms with Gasteiger partial charge in [-0.05, 0) is 34.1 Å². The van der Waals surface area contributed by atoms with Crippen molar-refractivity contribution in [3.8, 4) is 0 Å². The summed E-state index contributed by atoms with van der Waals surface area (Å²) in [5, 5.41) is 2.33. The van der Waals surface area contributed by atoms with Gasteiger partial charge in [0.1, 0.15) is 5.69 Å². The van der Waals surface area contributed by atoms with Crippen LogP contribution in [0.4, 0.5) is 14.5 Å². The number of amides is 1. The van der Waals surface area contributed by atoms with Crippen molar-refractivity contribution in [1.82, 2.24) is 4.57 Å². The highest BCUT2D eigenvalue weighted by Gasteiger charge is 2.14. The summed E-state index contributed by atoms with van der Waals surface area (Å²) in [6.07, 6.45) is 1.69. The summed E-state index contributed by atoms with van der Waals surface area (Å²) in [6.45, 7) is 0. The molecule has 0 fully saturated rings. The molecule has 1 N–H and O–H groups in total. The van der Waals surface area contributed by atoms with E-state index >= 15 is 0 Å².